The van der Waals surface area contributed by atoms with Crippen LogP contribution in [0.2, 0.25) is 5.02 Å². The number of carbonyl (C=O) groups excluding carboxylic acids is 2. The van der Waals surface area contributed by atoms with Gasteiger partial charge in [-0.1, -0.05) is 11.6 Å². The van der Waals surface area contributed by atoms with Gasteiger partial charge in [0.15, 0.2) is 6.61 Å². The Morgan fingerprint density at radius 1 is 1.29 bits per heavy atom. The lowest BCUT2D eigenvalue weighted by atomic mass is 9.89. The zero-order valence-corrected chi connectivity index (χ0v) is 14.0. The molecule has 0 aromatic heterocycles. The number of rotatable bonds is 3. The first-order valence-corrected chi connectivity index (χ1v) is 8.76. The molecule has 2 bridgehead atoms. The minimum Gasteiger partial charge on any atom is -0.482 e. The summed E-state index contributed by atoms with van der Waals surface area (Å²) >= 11 is 6.22. The first-order valence-electron chi connectivity index (χ1n) is 8.39. The van der Waals surface area contributed by atoms with Crippen LogP contribution in [0.5, 0.6) is 5.75 Å². The minimum atomic E-state index is -0.212. The molecule has 24 heavy (non-hydrogen) atoms. The molecule has 3 aliphatic rings. The Morgan fingerprint density at radius 2 is 2.04 bits per heavy atom. The largest absolute Gasteiger partial charge is 0.482 e. The van der Waals surface area contributed by atoms with Gasteiger partial charge in [0, 0.05) is 24.6 Å². The van der Waals surface area contributed by atoms with Crippen molar-refractivity contribution in [3.63, 3.8) is 0 Å². The van der Waals surface area contributed by atoms with Crippen molar-refractivity contribution in [1.29, 1.82) is 0 Å². The van der Waals surface area contributed by atoms with E-state index >= 15 is 0 Å². The van der Waals surface area contributed by atoms with Crippen LogP contribution in [0.4, 0.5) is 11.4 Å². The third kappa shape index (κ3) is 3.21. The van der Waals surface area contributed by atoms with Crippen molar-refractivity contribution in [1.82, 2.24) is 5.32 Å². The predicted octanol–water partition coefficient (Wildman–Crippen LogP) is 2.53. The molecule has 7 heteroatoms. The number of benzene rings is 1. The van der Waals surface area contributed by atoms with Crippen LogP contribution < -0.4 is 20.7 Å². The van der Waals surface area contributed by atoms with Crippen LogP contribution in [-0.4, -0.2) is 30.5 Å². The summed E-state index contributed by atoms with van der Waals surface area (Å²) in [5, 5.41) is 9.55. The number of hydrogen-bond donors (Lipinski definition) is 3. The molecule has 1 aromatic rings. The van der Waals surface area contributed by atoms with E-state index in [1.807, 2.05) is 0 Å². The van der Waals surface area contributed by atoms with Gasteiger partial charge in [0.1, 0.15) is 5.75 Å². The summed E-state index contributed by atoms with van der Waals surface area (Å²) in [6.45, 7) is -0.0279. The maximum absolute atomic E-state index is 12.4. The highest BCUT2D eigenvalue weighted by Gasteiger charge is 2.34. The summed E-state index contributed by atoms with van der Waals surface area (Å²) in [6.07, 6.45) is 5.10. The lowest BCUT2D eigenvalue weighted by Crippen LogP contribution is -2.39. The maximum Gasteiger partial charge on any atom is 0.262 e. The van der Waals surface area contributed by atoms with Gasteiger partial charge in [0.2, 0.25) is 5.91 Å². The molecule has 128 valence electrons. The molecule has 0 saturated carbocycles. The van der Waals surface area contributed by atoms with Crippen LogP contribution >= 0.6 is 11.6 Å². The second-order valence-electron chi connectivity index (χ2n) is 6.89. The highest BCUT2D eigenvalue weighted by atomic mass is 35.5. The lowest BCUT2D eigenvalue weighted by molar-refractivity contribution is -0.119. The van der Waals surface area contributed by atoms with Gasteiger partial charge in [0.05, 0.1) is 16.4 Å². The fourth-order valence-corrected chi connectivity index (χ4v) is 4.21. The van der Waals surface area contributed by atoms with E-state index in [2.05, 4.69) is 16.0 Å². The van der Waals surface area contributed by atoms with Gasteiger partial charge in [-0.15, -0.1) is 0 Å². The SMILES string of the molecule is O=C(CC1CC2CCC(C1)N2)Nc1cc2c(cc1Cl)NC(=O)CO2. The van der Waals surface area contributed by atoms with E-state index in [9.17, 15) is 9.59 Å². The highest BCUT2D eigenvalue weighted by molar-refractivity contribution is 6.34. The average molecular weight is 350 g/mol. The van der Waals surface area contributed by atoms with Gasteiger partial charge >= 0.3 is 0 Å². The number of halogens is 1. The quantitative estimate of drug-likeness (QED) is 0.783. The van der Waals surface area contributed by atoms with Crippen LogP contribution in [0.25, 0.3) is 0 Å². The van der Waals surface area contributed by atoms with Gasteiger partial charge in [-0.05, 0) is 37.7 Å². The van der Waals surface area contributed by atoms with E-state index in [1.54, 1.807) is 12.1 Å². The molecule has 0 spiro atoms. The molecule has 3 heterocycles. The lowest BCUT2D eigenvalue weighted by Gasteiger charge is -2.28. The molecule has 0 radical (unpaired) electrons. The summed E-state index contributed by atoms with van der Waals surface area (Å²) in [7, 11) is 0. The monoisotopic (exact) mass is 349 g/mol. The van der Waals surface area contributed by atoms with Crippen molar-refractivity contribution in [3.8, 4) is 5.75 Å². The van der Waals surface area contributed by atoms with Crippen LogP contribution in [0.3, 0.4) is 0 Å². The zero-order valence-electron chi connectivity index (χ0n) is 13.2. The van der Waals surface area contributed by atoms with E-state index in [1.165, 1.54) is 12.8 Å². The summed E-state index contributed by atoms with van der Waals surface area (Å²) < 4.78 is 5.37. The molecule has 3 aliphatic heterocycles. The molecule has 2 unspecified atom stereocenters. The molecule has 2 amide bonds. The number of piperidine rings is 1. The van der Waals surface area contributed by atoms with Gasteiger partial charge in [0.25, 0.3) is 5.91 Å². The number of nitrogens with one attached hydrogen (secondary N) is 3. The van der Waals surface area contributed by atoms with E-state index < -0.39 is 0 Å². The third-order valence-electron chi connectivity index (χ3n) is 5.02. The molecule has 6 nitrogen and oxygen atoms in total. The van der Waals surface area contributed by atoms with Crippen molar-refractivity contribution >= 4 is 34.8 Å². The average Bonchev–Trinajstić information content (AvgIpc) is 2.87. The highest BCUT2D eigenvalue weighted by Crippen LogP contribution is 2.37. The number of hydrogen-bond acceptors (Lipinski definition) is 4. The fourth-order valence-electron chi connectivity index (χ4n) is 4.00. The van der Waals surface area contributed by atoms with E-state index in [-0.39, 0.29) is 18.4 Å². The first kappa shape index (κ1) is 15.7. The number of anilines is 2. The third-order valence-corrected chi connectivity index (χ3v) is 5.33. The van der Waals surface area contributed by atoms with Gasteiger partial charge in [-0.3, -0.25) is 9.59 Å². The maximum atomic E-state index is 12.4. The van der Waals surface area contributed by atoms with Crippen LogP contribution in [0.1, 0.15) is 32.1 Å². The summed E-state index contributed by atoms with van der Waals surface area (Å²) in [5.74, 6) is 0.712. The van der Waals surface area contributed by atoms with Gasteiger partial charge in [-0.2, -0.15) is 0 Å². The second kappa shape index (κ2) is 6.26. The Morgan fingerprint density at radius 3 is 2.79 bits per heavy atom. The van der Waals surface area contributed by atoms with Crippen molar-refractivity contribution in [2.24, 2.45) is 5.92 Å². The van der Waals surface area contributed by atoms with Crippen LogP contribution in [-0.2, 0) is 9.59 Å². The smallest absolute Gasteiger partial charge is 0.262 e. The molecule has 2 atom stereocenters. The second-order valence-corrected chi connectivity index (χ2v) is 7.30. The zero-order chi connectivity index (χ0) is 16.7. The van der Waals surface area contributed by atoms with E-state index in [0.717, 1.165) is 12.8 Å². The first-order chi connectivity index (χ1) is 11.6. The minimum absolute atomic E-state index is 0.0250. The Balaban J connectivity index is 1.41. The van der Waals surface area contributed by atoms with Crippen molar-refractivity contribution in [2.75, 3.05) is 17.2 Å². The van der Waals surface area contributed by atoms with Gasteiger partial charge in [-0.25, -0.2) is 0 Å². The van der Waals surface area contributed by atoms with Crippen molar-refractivity contribution in [2.45, 2.75) is 44.2 Å². The van der Waals surface area contributed by atoms with Gasteiger partial charge < -0.3 is 20.7 Å². The fraction of sp³-hybridized carbons (Fsp3) is 0.529. The summed E-state index contributed by atoms with van der Waals surface area (Å²) in [5.41, 5.74) is 1.05. The van der Waals surface area contributed by atoms with Crippen LogP contribution in [0, 0.1) is 5.92 Å². The van der Waals surface area contributed by atoms with Crippen LogP contribution in [0.15, 0.2) is 12.1 Å². The molecular formula is C17H20ClN3O3. The molecule has 2 fully saturated rings. The molecule has 4 rings (SSSR count). The molecule has 3 N–H and O–H groups in total. The standard InChI is InChI=1S/C17H20ClN3O3/c18-12-6-14-15(24-8-17(23)21-14)7-13(12)20-16(22)5-9-3-10-1-2-11(4-9)19-10/h6-7,9-11,19H,1-5,8H2,(H,20,22)(H,21,23). The molecule has 2 saturated heterocycles. The summed E-state index contributed by atoms with van der Waals surface area (Å²) in [4.78, 5) is 23.7. The Labute approximate surface area is 145 Å². The van der Waals surface area contributed by atoms with E-state index in [4.69, 9.17) is 16.3 Å². The Hall–Kier alpha value is -1.79. The predicted molar refractivity (Wildman–Crippen MR) is 91.5 cm³/mol. The number of amides is 2. The van der Waals surface area contributed by atoms with E-state index in [0.29, 0.717) is 46.6 Å². The number of ether oxygens (including phenoxy) is 1. The normalized spacial score (nSPS) is 27.9. The molecule has 1 aromatic carbocycles. The summed E-state index contributed by atoms with van der Waals surface area (Å²) in [6, 6.07) is 4.42. The topological polar surface area (TPSA) is 79.5 Å². The number of fused-ring (bicyclic) bond motifs is 3. The number of carbonyl (C=O) groups is 2. The molecular weight excluding hydrogens is 330 g/mol. The Bertz CT molecular complexity index is 682. The Kier molecular flexibility index (Phi) is 4.10. The molecule has 0 aliphatic carbocycles. The van der Waals surface area contributed by atoms with Crippen molar-refractivity contribution < 1.29 is 14.3 Å². The van der Waals surface area contributed by atoms with Crippen molar-refractivity contribution in [3.05, 3.63) is 17.2 Å².